The lowest BCUT2D eigenvalue weighted by molar-refractivity contribution is 0.572. The van der Waals surface area contributed by atoms with E-state index >= 15 is 0 Å². The van der Waals surface area contributed by atoms with Gasteiger partial charge in [-0.15, -0.1) is 11.3 Å². The molecule has 0 saturated carbocycles. The van der Waals surface area contributed by atoms with Gasteiger partial charge in [-0.1, -0.05) is 59.6 Å². The monoisotopic (exact) mass is 472 g/mol. The topological polar surface area (TPSA) is 49.8 Å². The summed E-state index contributed by atoms with van der Waals surface area (Å²) in [4.78, 5) is 4.69. The Morgan fingerprint density at radius 3 is 2.47 bits per heavy atom. The van der Waals surface area contributed by atoms with Crippen LogP contribution >= 0.6 is 34.5 Å². The number of hydrogen-bond acceptors (Lipinski definition) is 4. The predicted octanol–water partition coefficient (Wildman–Crippen LogP) is 8.59. The molecule has 0 N–H and O–H groups in total. The van der Waals surface area contributed by atoms with Crippen molar-refractivity contribution in [1.29, 1.82) is 5.26 Å². The fourth-order valence-corrected chi connectivity index (χ4v) is 4.77. The van der Waals surface area contributed by atoms with Gasteiger partial charge in [0.25, 0.3) is 0 Å². The highest BCUT2D eigenvalue weighted by Crippen LogP contribution is 2.32. The molecule has 0 radical (unpaired) electrons. The number of halogens is 2. The van der Waals surface area contributed by atoms with Gasteiger partial charge < -0.3 is 4.42 Å². The number of nitrogens with zero attached hydrogens (tertiary/aromatic N) is 2. The average Bonchev–Trinajstić information content (AvgIpc) is 3.46. The van der Waals surface area contributed by atoms with Crippen LogP contribution in [0.1, 0.15) is 10.8 Å². The first kappa shape index (κ1) is 20.5. The average molecular weight is 473 g/mol. The molecule has 0 bridgehead atoms. The zero-order chi connectivity index (χ0) is 22.1. The van der Waals surface area contributed by atoms with Gasteiger partial charge in [-0.25, -0.2) is 4.98 Å². The molecule has 2 aromatic heterocycles. The molecule has 0 fully saturated rings. The third-order valence-electron chi connectivity index (χ3n) is 4.96. The summed E-state index contributed by atoms with van der Waals surface area (Å²) in [5.74, 6) is 1.17. The molecule has 6 heteroatoms. The van der Waals surface area contributed by atoms with E-state index in [1.54, 1.807) is 30.3 Å². The molecule has 0 aliphatic rings. The van der Waals surface area contributed by atoms with Crippen LogP contribution < -0.4 is 0 Å². The number of benzene rings is 3. The minimum absolute atomic E-state index is 0.437. The normalized spacial score (nSPS) is 11.6. The smallest absolute Gasteiger partial charge is 0.134 e. The first-order valence-corrected chi connectivity index (χ1v) is 11.4. The second-order valence-electron chi connectivity index (χ2n) is 7.13. The summed E-state index contributed by atoms with van der Waals surface area (Å²) in [6.45, 7) is 0. The van der Waals surface area contributed by atoms with E-state index < -0.39 is 0 Å². The third-order valence-corrected chi connectivity index (χ3v) is 6.27. The van der Waals surface area contributed by atoms with Crippen molar-refractivity contribution < 1.29 is 4.42 Å². The second kappa shape index (κ2) is 8.64. The van der Waals surface area contributed by atoms with E-state index in [1.165, 1.54) is 16.7 Å². The first-order chi connectivity index (χ1) is 15.6. The van der Waals surface area contributed by atoms with Crippen molar-refractivity contribution in [1.82, 2.24) is 4.98 Å². The van der Waals surface area contributed by atoms with Gasteiger partial charge in [0.05, 0.1) is 11.3 Å². The maximum absolute atomic E-state index is 9.73. The SMILES string of the molecule is N#C/C(=C\c1ccc(-c2cc(Cl)cc(Cl)c2)o1)c1nc(-c2ccc3ccccc3c2)cs1. The zero-order valence-electron chi connectivity index (χ0n) is 16.5. The maximum atomic E-state index is 9.73. The molecule has 0 amide bonds. The molecule has 32 heavy (non-hydrogen) atoms. The quantitative estimate of drug-likeness (QED) is 0.246. The van der Waals surface area contributed by atoms with Crippen molar-refractivity contribution in [2.45, 2.75) is 0 Å². The van der Waals surface area contributed by atoms with Crippen LogP contribution in [-0.4, -0.2) is 4.98 Å². The highest BCUT2D eigenvalue weighted by molar-refractivity contribution is 7.11. The summed E-state index contributed by atoms with van der Waals surface area (Å²) in [6.07, 6.45) is 1.69. The standard InChI is InChI=1S/C26H14Cl2N2OS/c27-21-10-19(11-22(28)13-21)25-8-7-23(31-25)12-20(14-29)26-30-24(15-32-26)18-6-5-16-3-1-2-4-17(16)9-18/h1-13,15H/b20-12+. The van der Waals surface area contributed by atoms with Crippen LogP contribution in [0.15, 0.2) is 82.6 Å². The van der Waals surface area contributed by atoms with Crippen LogP contribution in [0, 0.1) is 11.3 Å². The lowest BCUT2D eigenvalue weighted by Gasteiger charge is -2.01. The van der Waals surface area contributed by atoms with Crippen LogP contribution in [0.25, 0.3) is 45.0 Å². The van der Waals surface area contributed by atoms with Gasteiger partial charge in [-0.3, -0.25) is 0 Å². The number of hydrogen-bond donors (Lipinski definition) is 0. The molecule has 3 aromatic carbocycles. The fourth-order valence-electron chi connectivity index (χ4n) is 3.44. The molecular weight excluding hydrogens is 459 g/mol. The van der Waals surface area contributed by atoms with E-state index in [0.717, 1.165) is 22.2 Å². The molecule has 0 aliphatic heterocycles. The highest BCUT2D eigenvalue weighted by atomic mass is 35.5. The minimum Gasteiger partial charge on any atom is -0.457 e. The van der Waals surface area contributed by atoms with Crippen molar-refractivity contribution in [3.8, 4) is 28.7 Å². The van der Waals surface area contributed by atoms with Crippen molar-refractivity contribution in [2.75, 3.05) is 0 Å². The summed E-state index contributed by atoms with van der Waals surface area (Å²) in [7, 11) is 0. The fraction of sp³-hybridized carbons (Fsp3) is 0. The summed E-state index contributed by atoms with van der Waals surface area (Å²) in [6, 6.07) is 25.5. The van der Waals surface area contributed by atoms with Gasteiger partial charge in [-0.05, 0) is 47.2 Å². The Morgan fingerprint density at radius 1 is 0.906 bits per heavy atom. The minimum atomic E-state index is 0.437. The van der Waals surface area contributed by atoms with E-state index in [2.05, 4.69) is 30.3 Å². The molecule has 5 rings (SSSR count). The second-order valence-corrected chi connectivity index (χ2v) is 8.86. The third kappa shape index (κ3) is 4.19. The van der Waals surface area contributed by atoms with Crippen molar-refractivity contribution in [3.05, 3.63) is 99.0 Å². The first-order valence-electron chi connectivity index (χ1n) is 9.72. The van der Waals surface area contributed by atoms with Crippen LogP contribution in [0.4, 0.5) is 0 Å². The molecule has 154 valence electrons. The Kier molecular flexibility index (Phi) is 5.55. The lowest BCUT2D eigenvalue weighted by Crippen LogP contribution is -1.83. The van der Waals surface area contributed by atoms with Crippen LogP contribution in [0.2, 0.25) is 10.0 Å². The van der Waals surface area contributed by atoms with Gasteiger partial charge in [-0.2, -0.15) is 5.26 Å². The van der Waals surface area contributed by atoms with Crippen molar-refractivity contribution >= 4 is 57.0 Å². The van der Waals surface area contributed by atoms with E-state index in [9.17, 15) is 5.26 Å². The van der Waals surface area contributed by atoms with Gasteiger partial charge in [0.1, 0.15) is 22.6 Å². The van der Waals surface area contributed by atoms with Crippen LogP contribution in [0.5, 0.6) is 0 Å². The Balaban J connectivity index is 1.45. The number of allylic oxidation sites excluding steroid dienone is 1. The van der Waals surface area contributed by atoms with E-state index in [1.807, 2.05) is 29.6 Å². The summed E-state index contributed by atoms with van der Waals surface area (Å²) < 4.78 is 5.91. The Labute approximate surface area is 198 Å². The molecule has 0 atom stereocenters. The number of fused-ring (bicyclic) bond motifs is 1. The number of aromatic nitrogens is 1. The Bertz CT molecular complexity index is 1500. The number of thiazole rings is 1. The maximum Gasteiger partial charge on any atom is 0.134 e. The Morgan fingerprint density at radius 2 is 1.69 bits per heavy atom. The van der Waals surface area contributed by atoms with Crippen molar-refractivity contribution in [3.63, 3.8) is 0 Å². The molecule has 0 saturated heterocycles. The molecule has 0 aliphatic carbocycles. The van der Waals surface area contributed by atoms with E-state index in [-0.39, 0.29) is 0 Å². The van der Waals surface area contributed by atoms with E-state index in [0.29, 0.717) is 32.1 Å². The predicted molar refractivity (Wildman–Crippen MR) is 133 cm³/mol. The van der Waals surface area contributed by atoms with Crippen molar-refractivity contribution in [2.24, 2.45) is 0 Å². The highest BCUT2D eigenvalue weighted by Gasteiger charge is 2.12. The van der Waals surface area contributed by atoms with Crippen LogP contribution in [0.3, 0.4) is 0 Å². The van der Waals surface area contributed by atoms with Gasteiger partial charge in [0.15, 0.2) is 0 Å². The number of furan rings is 1. The molecular formula is C26H14Cl2N2OS. The molecule has 0 spiro atoms. The zero-order valence-corrected chi connectivity index (χ0v) is 18.9. The molecule has 3 nitrogen and oxygen atoms in total. The molecule has 2 heterocycles. The molecule has 5 aromatic rings. The largest absolute Gasteiger partial charge is 0.457 e. The van der Waals surface area contributed by atoms with E-state index in [4.69, 9.17) is 32.6 Å². The number of rotatable bonds is 4. The summed E-state index contributed by atoms with van der Waals surface area (Å²) in [5.41, 5.74) is 3.06. The van der Waals surface area contributed by atoms with Crippen LogP contribution in [-0.2, 0) is 0 Å². The Hall–Kier alpha value is -3.36. The molecule has 0 unspecified atom stereocenters. The van der Waals surface area contributed by atoms with Gasteiger partial charge >= 0.3 is 0 Å². The number of nitriles is 1. The summed E-state index contributed by atoms with van der Waals surface area (Å²) in [5, 5.41) is 15.7. The lowest BCUT2D eigenvalue weighted by atomic mass is 10.1. The summed E-state index contributed by atoms with van der Waals surface area (Å²) >= 11 is 13.6. The van der Waals surface area contributed by atoms with Gasteiger partial charge in [0.2, 0.25) is 0 Å². The van der Waals surface area contributed by atoms with Gasteiger partial charge in [0, 0.05) is 32.6 Å².